The van der Waals surface area contributed by atoms with Crippen LogP contribution in [0, 0.1) is 0 Å². The molecule has 0 aliphatic heterocycles. The third-order valence-corrected chi connectivity index (χ3v) is 2.67. The number of hydrogen-bond acceptors (Lipinski definition) is 2. The van der Waals surface area contributed by atoms with Crippen LogP contribution >= 0.6 is 0 Å². The van der Waals surface area contributed by atoms with Crippen LogP contribution in [0.5, 0.6) is 5.75 Å². The highest BCUT2D eigenvalue weighted by molar-refractivity contribution is 5.76. The second-order valence-corrected chi connectivity index (χ2v) is 4.29. The van der Waals surface area contributed by atoms with Crippen molar-refractivity contribution in [2.75, 3.05) is 19.7 Å². The van der Waals surface area contributed by atoms with Gasteiger partial charge in [0.25, 0.3) is 0 Å². The molecule has 0 heterocycles. The summed E-state index contributed by atoms with van der Waals surface area (Å²) < 4.78 is 5.54. The van der Waals surface area contributed by atoms with Gasteiger partial charge in [-0.2, -0.15) is 0 Å². The van der Waals surface area contributed by atoms with Crippen molar-refractivity contribution in [2.45, 2.75) is 33.1 Å². The van der Waals surface area contributed by atoms with Gasteiger partial charge in [0.05, 0.1) is 13.0 Å². The number of hydrogen-bond donors (Lipinski definition) is 0. The second kappa shape index (κ2) is 8.56. The summed E-state index contributed by atoms with van der Waals surface area (Å²) in [4.78, 5) is 13.9. The number of carbonyl (C=O) groups excluding carboxylic acids is 1. The molecule has 3 heteroatoms. The molecular formula is C15H23NO2. The smallest absolute Gasteiger partial charge is 0.225 e. The molecule has 18 heavy (non-hydrogen) atoms. The molecule has 1 rings (SSSR count). The van der Waals surface area contributed by atoms with Crippen molar-refractivity contribution in [3.63, 3.8) is 0 Å². The highest BCUT2D eigenvalue weighted by Gasteiger charge is 2.11. The number of para-hydroxylation sites is 1. The van der Waals surface area contributed by atoms with Crippen molar-refractivity contribution in [3.8, 4) is 5.75 Å². The lowest BCUT2D eigenvalue weighted by Gasteiger charge is -2.21. The largest absolute Gasteiger partial charge is 0.493 e. The van der Waals surface area contributed by atoms with Crippen LogP contribution in [0.25, 0.3) is 0 Å². The van der Waals surface area contributed by atoms with E-state index in [-0.39, 0.29) is 5.91 Å². The molecule has 1 aromatic rings. The Balaban J connectivity index is 2.30. The minimum atomic E-state index is 0.189. The Bertz CT molecular complexity index is 332. The first-order valence-corrected chi connectivity index (χ1v) is 6.73. The first kappa shape index (κ1) is 14.6. The molecule has 0 saturated carbocycles. The molecule has 3 nitrogen and oxygen atoms in total. The van der Waals surface area contributed by atoms with Gasteiger partial charge >= 0.3 is 0 Å². The minimum Gasteiger partial charge on any atom is -0.493 e. The highest BCUT2D eigenvalue weighted by atomic mass is 16.5. The van der Waals surface area contributed by atoms with Crippen LogP contribution in [0.1, 0.15) is 33.1 Å². The predicted octanol–water partition coefficient (Wildman–Crippen LogP) is 3.10. The van der Waals surface area contributed by atoms with Gasteiger partial charge in [-0.3, -0.25) is 4.79 Å². The van der Waals surface area contributed by atoms with E-state index in [0.29, 0.717) is 13.0 Å². The number of carbonyl (C=O) groups is 1. The second-order valence-electron chi connectivity index (χ2n) is 4.29. The summed E-state index contributed by atoms with van der Waals surface area (Å²) in [5.74, 6) is 1.01. The summed E-state index contributed by atoms with van der Waals surface area (Å²) >= 11 is 0. The number of benzene rings is 1. The lowest BCUT2D eigenvalue weighted by Crippen LogP contribution is -2.33. The van der Waals surface area contributed by atoms with Gasteiger partial charge in [0.15, 0.2) is 0 Å². The number of rotatable bonds is 8. The van der Waals surface area contributed by atoms with E-state index < -0.39 is 0 Å². The van der Waals surface area contributed by atoms with Crippen LogP contribution in [0.3, 0.4) is 0 Å². The highest BCUT2D eigenvalue weighted by Crippen LogP contribution is 2.09. The Kier molecular flexibility index (Phi) is 6.92. The first-order chi connectivity index (χ1) is 8.77. The summed E-state index contributed by atoms with van der Waals surface area (Å²) in [5.41, 5.74) is 0. The Labute approximate surface area is 110 Å². The Morgan fingerprint density at radius 3 is 2.28 bits per heavy atom. The van der Waals surface area contributed by atoms with Crippen LogP contribution in [0.2, 0.25) is 0 Å². The van der Waals surface area contributed by atoms with E-state index in [1.165, 1.54) is 0 Å². The third-order valence-electron chi connectivity index (χ3n) is 2.67. The van der Waals surface area contributed by atoms with Crippen LogP contribution in [0.15, 0.2) is 30.3 Å². The van der Waals surface area contributed by atoms with Crippen LogP contribution in [0.4, 0.5) is 0 Å². The maximum absolute atomic E-state index is 12.0. The van der Waals surface area contributed by atoms with E-state index in [2.05, 4.69) is 13.8 Å². The van der Waals surface area contributed by atoms with Crippen LogP contribution in [-0.2, 0) is 4.79 Å². The van der Waals surface area contributed by atoms with Gasteiger partial charge in [-0.05, 0) is 25.0 Å². The molecular weight excluding hydrogens is 226 g/mol. The van der Waals surface area contributed by atoms with Crippen molar-refractivity contribution in [1.29, 1.82) is 0 Å². The maximum atomic E-state index is 12.0. The number of nitrogens with zero attached hydrogens (tertiary/aromatic N) is 1. The van der Waals surface area contributed by atoms with E-state index in [1.54, 1.807) is 0 Å². The van der Waals surface area contributed by atoms with Crippen molar-refractivity contribution in [1.82, 2.24) is 4.90 Å². The molecule has 0 spiro atoms. The SMILES string of the molecule is CCCN(CCC)C(=O)CCOc1ccccc1. The zero-order valence-corrected chi connectivity index (χ0v) is 11.4. The standard InChI is InChI=1S/C15H23NO2/c1-3-11-16(12-4-2)15(17)10-13-18-14-8-6-5-7-9-14/h5-9H,3-4,10-13H2,1-2H3. The van der Waals surface area contributed by atoms with E-state index in [4.69, 9.17) is 4.74 Å². The lowest BCUT2D eigenvalue weighted by atomic mass is 10.3. The van der Waals surface area contributed by atoms with Gasteiger partial charge in [0.1, 0.15) is 5.75 Å². The van der Waals surface area contributed by atoms with Crippen LogP contribution < -0.4 is 4.74 Å². The van der Waals surface area contributed by atoms with E-state index in [9.17, 15) is 4.79 Å². The molecule has 1 aromatic carbocycles. The predicted molar refractivity (Wildman–Crippen MR) is 73.7 cm³/mol. The fourth-order valence-corrected chi connectivity index (χ4v) is 1.83. The molecule has 0 aliphatic carbocycles. The molecule has 0 atom stereocenters. The topological polar surface area (TPSA) is 29.5 Å². The maximum Gasteiger partial charge on any atom is 0.225 e. The van der Waals surface area contributed by atoms with Gasteiger partial charge in [-0.25, -0.2) is 0 Å². The van der Waals surface area contributed by atoms with Gasteiger partial charge in [-0.1, -0.05) is 32.0 Å². The van der Waals surface area contributed by atoms with Crippen molar-refractivity contribution in [3.05, 3.63) is 30.3 Å². The summed E-state index contributed by atoms with van der Waals surface area (Å²) in [5, 5.41) is 0. The quantitative estimate of drug-likeness (QED) is 0.708. The zero-order valence-electron chi connectivity index (χ0n) is 11.4. The fourth-order valence-electron chi connectivity index (χ4n) is 1.83. The van der Waals surface area contributed by atoms with Crippen molar-refractivity contribution < 1.29 is 9.53 Å². The van der Waals surface area contributed by atoms with Gasteiger partial charge in [0.2, 0.25) is 5.91 Å². The van der Waals surface area contributed by atoms with E-state index >= 15 is 0 Å². The van der Waals surface area contributed by atoms with Gasteiger partial charge < -0.3 is 9.64 Å². The summed E-state index contributed by atoms with van der Waals surface area (Å²) in [6.45, 7) is 6.33. The molecule has 0 radical (unpaired) electrons. The summed E-state index contributed by atoms with van der Waals surface area (Å²) in [7, 11) is 0. The minimum absolute atomic E-state index is 0.189. The van der Waals surface area contributed by atoms with Crippen molar-refractivity contribution in [2.24, 2.45) is 0 Å². The number of amides is 1. The Morgan fingerprint density at radius 1 is 1.11 bits per heavy atom. The van der Waals surface area contributed by atoms with Crippen molar-refractivity contribution >= 4 is 5.91 Å². The molecule has 0 N–H and O–H groups in total. The summed E-state index contributed by atoms with van der Waals surface area (Å²) in [6.07, 6.45) is 2.46. The monoisotopic (exact) mass is 249 g/mol. The van der Waals surface area contributed by atoms with E-state index in [1.807, 2.05) is 35.2 Å². The molecule has 0 fully saturated rings. The Morgan fingerprint density at radius 2 is 1.72 bits per heavy atom. The normalized spacial score (nSPS) is 10.1. The van der Waals surface area contributed by atoms with Gasteiger partial charge in [-0.15, -0.1) is 0 Å². The van der Waals surface area contributed by atoms with Crippen LogP contribution in [-0.4, -0.2) is 30.5 Å². The molecule has 0 unspecified atom stereocenters. The zero-order chi connectivity index (χ0) is 13.2. The first-order valence-electron chi connectivity index (χ1n) is 6.73. The average Bonchev–Trinajstić information content (AvgIpc) is 2.39. The van der Waals surface area contributed by atoms with E-state index in [0.717, 1.165) is 31.7 Å². The molecule has 100 valence electrons. The molecule has 0 aromatic heterocycles. The number of ether oxygens (including phenoxy) is 1. The summed E-state index contributed by atoms with van der Waals surface area (Å²) in [6, 6.07) is 9.61. The third kappa shape index (κ3) is 5.21. The lowest BCUT2D eigenvalue weighted by molar-refractivity contribution is -0.131. The Hall–Kier alpha value is -1.51. The molecule has 1 amide bonds. The van der Waals surface area contributed by atoms with Gasteiger partial charge in [0, 0.05) is 13.1 Å². The fraction of sp³-hybridized carbons (Fsp3) is 0.533. The molecule has 0 aliphatic rings. The molecule has 0 bridgehead atoms. The molecule has 0 saturated heterocycles. The average molecular weight is 249 g/mol.